The molecule has 0 saturated heterocycles. The molecule has 90 valence electrons. The summed E-state index contributed by atoms with van der Waals surface area (Å²) in [5.41, 5.74) is 2.83. The number of hydrogen-bond acceptors (Lipinski definition) is 3. The molecule has 0 saturated carbocycles. The Balaban J connectivity index is 2.17. The number of nitrogens with zero attached hydrogens (tertiary/aromatic N) is 2. The highest BCUT2D eigenvalue weighted by molar-refractivity contribution is 7.10. The van der Waals surface area contributed by atoms with E-state index in [0.29, 0.717) is 11.5 Å². The summed E-state index contributed by atoms with van der Waals surface area (Å²) in [6.45, 7) is 4.28. The van der Waals surface area contributed by atoms with Crippen LogP contribution in [0, 0.1) is 11.3 Å². The minimum atomic E-state index is 0.463. The molecule has 1 aromatic heterocycles. The smallest absolute Gasteiger partial charge is 0.116 e. The van der Waals surface area contributed by atoms with Gasteiger partial charge in [-0.25, -0.2) is 4.98 Å². The molecule has 0 aliphatic heterocycles. The summed E-state index contributed by atoms with van der Waals surface area (Å²) >= 11 is 1.64. The van der Waals surface area contributed by atoms with Gasteiger partial charge in [0.25, 0.3) is 0 Å². The second-order valence-electron chi connectivity index (χ2n) is 4.34. The second kappa shape index (κ2) is 5.61. The Hall–Kier alpha value is -1.92. The van der Waals surface area contributed by atoms with Crippen LogP contribution in [-0.2, 0) is 0 Å². The third-order valence-electron chi connectivity index (χ3n) is 2.57. The molecular weight excluding hydrogens is 240 g/mol. The fraction of sp³-hybridized carbons (Fsp3) is 0.200. The predicted octanol–water partition coefficient (Wildman–Crippen LogP) is 4.31. The van der Waals surface area contributed by atoms with Gasteiger partial charge in [0.05, 0.1) is 17.3 Å². The van der Waals surface area contributed by atoms with Crippen molar-refractivity contribution in [2.45, 2.75) is 19.8 Å². The average Bonchev–Trinajstić information content (AvgIpc) is 2.85. The molecule has 2 nitrogen and oxygen atoms in total. The first-order valence-corrected chi connectivity index (χ1v) is 6.70. The van der Waals surface area contributed by atoms with Crippen LogP contribution in [0.1, 0.15) is 41.6 Å². The van der Waals surface area contributed by atoms with Crippen LogP contribution in [0.3, 0.4) is 0 Å². The predicted molar refractivity (Wildman–Crippen MR) is 76.3 cm³/mol. The van der Waals surface area contributed by atoms with Crippen LogP contribution in [-0.4, -0.2) is 4.98 Å². The molecule has 0 bridgehead atoms. The summed E-state index contributed by atoms with van der Waals surface area (Å²) in [5.74, 6) is 0.463. The van der Waals surface area contributed by atoms with E-state index in [9.17, 15) is 0 Å². The first kappa shape index (κ1) is 12.5. The molecule has 1 heterocycles. The molecule has 2 aromatic rings. The van der Waals surface area contributed by atoms with Crippen molar-refractivity contribution in [2.75, 3.05) is 0 Å². The highest BCUT2D eigenvalue weighted by atomic mass is 32.1. The lowest BCUT2D eigenvalue weighted by Gasteiger charge is -1.96. The molecule has 3 heteroatoms. The van der Waals surface area contributed by atoms with Crippen LogP contribution < -0.4 is 0 Å². The van der Waals surface area contributed by atoms with Gasteiger partial charge in [0.15, 0.2) is 0 Å². The molecule has 0 atom stereocenters. The third-order valence-corrected chi connectivity index (χ3v) is 3.39. The second-order valence-corrected chi connectivity index (χ2v) is 5.23. The van der Waals surface area contributed by atoms with Crippen LogP contribution >= 0.6 is 11.3 Å². The van der Waals surface area contributed by atoms with Crippen molar-refractivity contribution in [1.82, 2.24) is 4.98 Å². The summed E-state index contributed by atoms with van der Waals surface area (Å²) in [6.07, 6.45) is 3.98. The van der Waals surface area contributed by atoms with Crippen molar-refractivity contribution < 1.29 is 0 Å². The average molecular weight is 254 g/mol. The highest BCUT2D eigenvalue weighted by Crippen LogP contribution is 2.19. The lowest BCUT2D eigenvalue weighted by atomic mass is 10.1. The molecule has 0 radical (unpaired) electrons. The zero-order valence-corrected chi connectivity index (χ0v) is 11.2. The van der Waals surface area contributed by atoms with E-state index in [0.717, 1.165) is 16.3 Å². The Labute approximate surface area is 111 Å². The fourth-order valence-electron chi connectivity index (χ4n) is 1.52. The van der Waals surface area contributed by atoms with Crippen molar-refractivity contribution in [3.05, 3.63) is 51.5 Å². The summed E-state index contributed by atoms with van der Waals surface area (Å²) < 4.78 is 0. The Kier molecular flexibility index (Phi) is 3.91. The van der Waals surface area contributed by atoms with Gasteiger partial charge in [0, 0.05) is 5.38 Å². The Morgan fingerprint density at radius 1 is 1.33 bits per heavy atom. The van der Waals surface area contributed by atoms with Crippen molar-refractivity contribution in [3.8, 4) is 6.07 Å². The minimum absolute atomic E-state index is 0.463. The number of nitriles is 1. The van der Waals surface area contributed by atoms with Gasteiger partial charge < -0.3 is 0 Å². The molecule has 0 fully saturated rings. The van der Waals surface area contributed by atoms with E-state index in [1.165, 1.54) is 0 Å². The van der Waals surface area contributed by atoms with Gasteiger partial charge in [0.2, 0.25) is 0 Å². The Bertz CT molecular complexity index is 603. The molecule has 0 spiro atoms. The molecule has 0 aliphatic carbocycles. The molecule has 0 amide bonds. The zero-order chi connectivity index (χ0) is 13.0. The lowest BCUT2D eigenvalue weighted by Crippen LogP contribution is -1.85. The largest absolute Gasteiger partial charge is 0.241 e. The van der Waals surface area contributed by atoms with E-state index in [1.54, 1.807) is 17.4 Å². The molecule has 2 rings (SSSR count). The maximum Gasteiger partial charge on any atom is 0.116 e. The van der Waals surface area contributed by atoms with Crippen LogP contribution in [0.2, 0.25) is 0 Å². The van der Waals surface area contributed by atoms with Gasteiger partial charge in [-0.05, 0) is 29.7 Å². The van der Waals surface area contributed by atoms with Crippen LogP contribution in [0.15, 0.2) is 29.6 Å². The van der Waals surface area contributed by atoms with Crippen molar-refractivity contribution >= 4 is 23.5 Å². The topological polar surface area (TPSA) is 36.7 Å². The standard InChI is InChI=1S/C15H14N2S/c1-11(2)14-10-18-15(17-14)7-6-12-4-3-5-13(8-12)9-16/h3-8,10-11H,1-2H3. The number of benzene rings is 1. The zero-order valence-electron chi connectivity index (χ0n) is 10.4. The first-order valence-electron chi connectivity index (χ1n) is 5.82. The van der Waals surface area contributed by atoms with E-state index in [4.69, 9.17) is 5.26 Å². The maximum absolute atomic E-state index is 8.83. The highest BCUT2D eigenvalue weighted by Gasteiger charge is 2.02. The summed E-state index contributed by atoms with van der Waals surface area (Å²) in [4.78, 5) is 4.53. The van der Waals surface area contributed by atoms with Crippen LogP contribution in [0.25, 0.3) is 12.2 Å². The molecule has 18 heavy (non-hydrogen) atoms. The number of rotatable bonds is 3. The number of aromatic nitrogens is 1. The first-order chi connectivity index (χ1) is 8.69. The van der Waals surface area contributed by atoms with E-state index >= 15 is 0 Å². The van der Waals surface area contributed by atoms with Gasteiger partial charge in [-0.2, -0.15) is 5.26 Å². The molecular formula is C15H14N2S. The van der Waals surface area contributed by atoms with Crippen LogP contribution in [0.4, 0.5) is 0 Å². The molecule has 1 aromatic carbocycles. The monoisotopic (exact) mass is 254 g/mol. The Morgan fingerprint density at radius 3 is 2.83 bits per heavy atom. The lowest BCUT2D eigenvalue weighted by molar-refractivity contribution is 0.832. The van der Waals surface area contributed by atoms with E-state index in [1.807, 2.05) is 30.4 Å². The van der Waals surface area contributed by atoms with Crippen LogP contribution in [0.5, 0.6) is 0 Å². The number of hydrogen-bond donors (Lipinski definition) is 0. The van der Waals surface area contributed by atoms with Gasteiger partial charge in [-0.1, -0.05) is 32.1 Å². The molecule has 0 aliphatic rings. The van der Waals surface area contributed by atoms with E-state index in [-0.39, 0.29) is 0 Å². The molecule has 0 N–H and O–H groups in total. The Morgan fingerprint density at radius 2 is 2.17 bits per heavy atom. The van der Waals surface area contributed by atoms with Gasteiger partial charge in [-0.15, -0.1) is 11.3 Å². The van der Waals surface area contributed by atoms with Crippen molar-refractivity contribution in [1.29, 1.82) is 5.26 Å². The van der Waals surface area contributed by atoms with Gasteiger partial charge in [0.1, 0.15) is 5.01 Å². The summed E-state index contributed by atoms with van der Waals surface area (Å²) in [5, 5.41) is 11.9. The SMILES string of the molecule is CC(C)c1csc(C=Cc2cccc(C#N)c2)n1. The fourth-order valence-corrected chi connectivity index (χ4v) is 2.39. The molecule has 0 unspecified atom stereocenters. The maximum atomic E-state index is 8.83. The third kappa shape index (κ3) is 3.06. The summed E-state index contributed by atoms with van der Waals surface area (Å²) in [6, 6.07) is 9.68. The quantitative estimate of drug-likeness (QED) is 0.818. The van der Waals surface area contributed by atoms with Gasteiger partial charge >= 0.3 is 0 Å². The van der Waals surface area contributed by atoms with E-state index < -0.39 is 0 Å². The summed E-state index contributed by atoms with van der Waals surface area (Å²) in [7, 11) is 0. The van der Waals surface area contributed by atoms with Crippen molar-refractivity contribution in [3.63, 3.8) is 0 Å². The normalized spacial score (nSPS) is 11.0. The van der Waals surface area contributed by atoms with Crippen molar-refractivity contribution in [2.24, 2.45) is 0 Å². The number of thiazole rings is 1. The minimum Gasteiger partial charge on any atom is -0.241 e. The van der Waals surface area contributed by atoms with Gasteiger partial charge in [-0.3, -0.25) is 0 Å². The van der Waals surface area contributed by atoms with E-state index in [2.05, 4.69) is 30.3 Å².